The lowest BCUT2D eigenvalue weighted by molar-refractivity contribution is 0.323. The zero-order chi connectivity index (χ0) is 12.7. The molecule has 4 nitrogen and oxygen atoms in total. The van der Waals surface area contributed by atoms with Gasteiger partial charge in [0, 0.05) is 0 Å². The van der Waals surface area contributed by atoms with Gasteiger partial charge in [0.05, 0.1) is 6.61 Å². The molecule has 0 unspecified atom stereocenters. The van der Waals surface area contributed by atoms with Gasteiger partial charge in [0.25, 0.3) is 11.0 Å². The van der Waals surface area contributed by atoms with Gasteiger partial charge < -0.3 is 5.11 Å². The number of thiol groups is 1. The second-order valence-corrected chi connectivity index (χ2v) is 4.25. The predicted molar refractivity (Wildman–Crippen MR) is 66.3 cm³/mol. The van der Waals surface area contributed by atoms with E-state index in [1.54, 1.807) is 18.2 Å². The number of phenols is 1. The van der Waals surface area contributed by atoms with Crippen molar-refractivity contribution in [1.82, 2.24) is 0 Å². The minimum atomic E-state index is -2.83. The third-order valence-corrected chi connectivity index (χ3v) is 2.56. The van der Waals surface area contributed by atoms with E-state index >= 15 is 0 Å². The standard InChI is InChI=1S/C12H16O4S/c1-2-3-4-5-11-8-10(6-7-12(11)13)9-16-17(14)15/h3-4,6-8,13,17H,2,5,9H2,1H3/b4-3+. The maximum Gasteiger partial charge on any atom is 0.257 e. The molecule has 17 heavy (non-hydrogen) atoms. The van der Waals surface area contributed by atoms with Crippen molar-refractivity contribution in [3.8, 4) is 5.75 Å². The van der Waals surface area contributed by atoms with E-state index in [1.807, 2.05) is 19.1 Å². The SMILES string of the molecule is CC/C=C/Cc1cc(CO[SH](=O)=O)ccc1O. The molecule has 1 rings (SSSR count). The Hall–Kier alpha value is -1.33. The van der Waals surface area contributed by atoms with Crippen LogP contribution < -0.4 is 0 Å². The van der Waals surface area contributed by atoms with E-state index in [1.165, 1.54) is 0 Å². The first kappa shape index (κ1) is 13.7. The van der Waals surface area contributed by atoms with Crippen molar-refractivity contribution >= 4 is 11.0 Å². The van der Waals surface area contributed by atoms with Crippen LogP contribution in [0, 0.1) is 0 Å². The summed E-state index contributed by atoms with van der Waals surface area (Å²) in [6.45, 7) is 2.04. The number of hydrogen-bond donors (Lipinski definition) is 2. The van der Waals surface area contributed by atoms with Crippen LogP contribution >= 0.6 is 0 Å². The van der Waals surface area contributed by atoms with Gasteiger partial charge in [-0.1, -0.05) is 25.1 Å². The Bertz CT molecular complexity index is 456. The van der Waals surface area contributed by atoms with E-state index in [9.17, 15) is 13.5 Å². The van der Waals surface area contributed by atoms with E-state index in [-0.39, 0.29) is 12.4 Å². The fourth-order valence-corrected chi connectivity index (χ4v) is 1.65. The summed E-state index contributed by atoms with van der Waals surface area (Å²) in [5.41, 5.74) is 1.49. The molecule has 0 aliphatic rings. The molecule has 0 saturated carbocycles. The van der Waals surface area contributed by atoms with Crippen molar-refractivity contribution < 1.29 is 17.7 Å². The van der Waals surface area contributed by atoms with Crippen LogP contribution in [0.25, 0.3) is 0 Å². The van der Waals surface area contributed by atoms with E-state index < -0.39 is 11.0 Å². The second-order valence-electron chi connectivity index (χ2n) is 3.54. The molecule has 0 aliphatic carbocycles. The molecule has 0 fully saturated rings. The third kappa shape index (κ3) is 5.01. The van der Waals surface area contributed by atoms with Gasteiger partial charge in [-0.15, -0.1) is 0 Å². The van der Waals surface area contributed by atoms with Crippen LogP contribution in [-0.4, -0.2) is 13.5 Å². The van der Waals surface area contributed by atoms with Gasteiger partial charge in [0.2, 0.25) is 0 Å². The fourth-order valence-electron chi connectivity index (χ4n) is 1.40. The molecule has 0 radical (unpaired) electrons. The van der Waals surface area contributed by atoms with Crippen molar-refractivity contribution in [2.24, 2.45) is 0 Å². The predicted octanol–water partition coefficient (Wildman–Crippen LogP) is 1.94. The van der Waals surface area contributed by atoms with Crippen LogP contribution in [0.15, 0.2) is 30.4 Å². The van der Waals surface area contributed by atoms with Gasteiger partial charge in [-0.05, 0) is 36.1 Å². The normalized spacial score (nSPS) is 11.4. The molecule has 0 spiro atoms. The molecular weight excluding hydrogens is 240 g/mol. The minimum Gasteiger partial charge on any atom is -0.508 e. The summed E-state index contributed by atoms with van der Waals surface area (Å²) in [6, 6.07) is 4.93. The molecule has 0 bridgehead atoms. The van der Waals surface area contributed by atoms with Crippen molar-refractivity contribution in [1.29, 1.82) is 0 Å². The minimum absolute atomic E-state index is 0.00345. The molecule has 0 heterocycles. The first-order valence-electron chi connectivity index (χ1n) is 5.36. The number of rotatable bonds is 6. The summed E-state index contributed by atoms with van der Waals surface area (Å²) in [6.07, 6.45) is 5.54. The summed E-state index contributed by atoms with van der Waals surface area (Å²) < 4.78 is 25.1. The summed E-state index contributed by atoms with van der Waals surface area (Å²) in [5, 5.41) is 9.62. The molecule has 0 aromatic heterocycles. The summed E-state index contributed by atoms with van der Waals surface area (Å²) >= 11 is 0. The zero-order valence-corrected chi connectivity index (χ0v) is 10.5. The van der Waals surface area contributed by atoms with E-state index in [4.69, 9.17) is 0 Å². The van der Waals surface area contributed by atoms with Gasteiger partial charge in [-0.25, -0.2) is 8.42 Å². The smallest absolute Gasteiger partial charge is 0.257 e. The topological polar surface area (TPSA) is 63.6 Å². The molecule has 0 aliphatic heterocycles. The fraction of sp³-hybridized carbons (Fsp3) is 0.333. The molecule has 0 saturated heterocycles. The Balaban J connectivity index is 2.75. The van der Waals surface area contributed by atoms with Crippen LogP contribution in [0.2, 0.25) is 0 Å². The van der Waals surface area contributed by atoms with Crippen molar-refractivity contribution in [2.75, 3.05) is 0 Å². The lowest BCUT2D eigenvalue weighted by Gasteiger charge is -2.04. The summed E-state index contributed by atoms with van der Waals surface area (Å²) in [4.78, 5) is 0. The van der Waals surface area contributed by atoms with Crippen LogP contribution in [-0.2, 0) is 28.2 Å². The highest BCUT2D eigenvalue weighted by atomic mass is 32.2. The Labute approximate surface area is 103 Å². The van der Waals surface area contributed by atoms with Crippen molar-refractivity contribution in [3.05, 3.63) is 41.5 Å². The molecule has 1 N–H and O–H groups in total. The highest BCUT2D eigenvalue weighted by Gasteiger charge is 2.02. The zero-order valence-electron chi connectivity index (χ0n) is 9.63. The number of hydrogen-bond acceptors (Lipinski definition) is 4. The van der Waals surface area contributed by atoms with Crippen LogP contribution in [0.3, 0.4) is 0 Å². The molecule has 5 heteroatoms. The highest BCUT2D eigenvalue weighted by molar-refractivity contribution is 7.67. The summed E-state index contributed by atoms with van der Waals surface area (Å²) in [5.74, 6) is 0.209. The van der Waals surface area contributed by atoms with E-state index in [2.05, 4.69) is 4.18 Å². The number of phenolic OH excluding ortho intramolecular Hbond substituents is 1. The first-order valence-corrected chi connectivity index (χ1v) is 6.46. The molecule has 94 valence electrons. The number of aromatic hydroxyl groups is 1. The number of allylic oxidation sites excluding steroid dienone is 2. The summed E-state index contributed by atoms with van der Waals surface area (Å²) in [7, 11) is -2.83. The Kier molecular flexibility index (Phi) is 5.72. The maximum atomic E-state index is 10.3. The van der Waals surface area contributed by atoms with Gasteiger partial charge >= 0.3 is 0 Å². The lowest BCUT2D eigenvalue weighted by atomic mass is 10.1. The first-order chi connectivity index (χ1) is 8.13. The Morgan fingerprint density at radius 3 is 2.76 bits per heavy atom. The van der Waals surface area contributed by atoms with E-state index in [0.29, 0.717) is 6.42 Å². The lowest BCUT2D eigenvalue weighted by Crippen LogP contribution is -1.93. The average Bonchev–Trinajstić information content (AvgIpc) is 2.30. The maximum absolute atomic E-state index is 10.3. The Morgan fingerprint density at radius 1 is 1.35 bits per heavy atom. The molecule has 1 aromatic rings. The molecular formula is C12H16O4S. The molecule has 0 atom stereocenters. The largest absolute Gasteiger partial charge is 0.508 e. The van der Waals surface area contributed by atoms with Crippen LogP contribution in [0.4, 0.5) is 0 Å². The highest BCUT2D eigenvalue weighted by Crippen LogP contribution is 2.20. The van der Waals surface area contributed by atoms with Crippen molar-refractivity contribution in [2.45, 2.75) is 26.4 Å². The second kappa shape index (κ2) is 7.09. The third-order valence-electron chi connectivity index (χ3n) is 2.22. The quantitative estimate of drug-likeness (QED) is 0.603. The average molecular weight is 256 g/mol. The molecule has 0 amide bonds. The molecule has 1 aromatic carbocycles. The van der Waals surface area contributed by atoms with Crippen molar-refractivity contribution in [3.63, 3.8) is 0 Å². The van der Waals surface area contributed by atoms with Gasteiger partial charge in [0.1, 0.15) is 5.75 Å². The van der Waals surface area contributed by atoms with E-state index in [0.717, 1.165) is 17.5 Å². The Morgan fingerprint density at radius 2 is 2.12 bits per heavy atom. The van der Waals surface area contributed by atoms with Gasteiger partial charge in [-0.2, -0.15) is 0 Å². The van der Waals surface area contributed by atoms with Crippen LogP contribution in [0.1, 0.15) is 24.5 Å². The van der Waals surface area contributed by atoms with Gasteiger partial charge in [0.15, 0.2) is 0 Å². The monoisotopic (exact) mass is 256 g/mol. The van der Waals surface area contributed by atoms with Crippen LogP contribution in [0.5, 0.6) is 5.75 Å². The van der Waals surface area contributed by atoms with Gasteiger partial charge in [-0.3, -0.25) is 4.18 Å². The number of benzene rings is 1.